The van der Waals surface area contributed by atoms with Crippen LogP contribution in [0.25, 0.3) is 0 Å². The lowest BCUT2D eigenvalue weighted by atomic mass is 9.68. The number of rotatable bonds is 0. The molecule has 2 aliphatic carbocycles. The molecule has 3 atom stereocenters. The molecule has 0 aromatic rings. The van der Waals surface area contributed by atoms with Crippen LogP contribution in [0.4, 0.5) is 0 Å². The molecule has 0 bridgehead atoms. The highest BCUT2D eigenvalue weighted by Gasteiger charge is 2.52. The fourth-order valence-corrected chi connectivity index (χ4v) is 5.15. The molecular formula is C11H19I2NO. The lowest BCUT2D eigenvalue weighted by Gasteiger charge is -2.50. The molecule has 1 fully saturated rings. The number of alkyl halides is 2. The van der Waals surface area contributed by atoms with Crippen LogP contribution in [-0.4, -0.2) is 12.6 Å². The number of fused-ring (bicyclic) bond motifs is 1. The first-order valence-corrected chi connectivity index (χ1v) is 7.48. The van der Waals surface area contributed by atoms with E-state index < -0.39 is 0 Å². The molecule has 15 heavy (non-hydrogen) atoms. The van der Waals surface area contributed by atoms with Crippen molar-refractivity contribution in [3.8, 4) is 0 Å². The van der Waals surface area contributed by atoms with Crippen LogP contribution in [0.2, 0.25) is 0 Å². The van der Waals surface area contributed by atoms with Crippen molar-refractivity contribution in [1.82, 2.24) is 6.15 Å². The second kappa shape index (κ2) is 5.64. The minimum absolute atomic E-state index is 0. The van der Waals surface area contributed by atoms with Gasteiger partial charge in [0.2, 0.25) is 0 Å². The molecule has 2 unspecified atom stereocenters. The van der Waals surface area contributed by atoms with Crippen LogP contribution in [0.5, 0.6) is 0 Å². The molecule has 4 heteroatoms. The summed E-state index contributed by atoms with van der Waals surface area (Å²) < 4.78 is 0.416. The zero-order chi connectivity index (χ0) is 10.2. The minimum Gasteiger partial charge on any atom is -0.393 e. The summed E-state index contributed by atoms with van der Waals surface area (Å²) in [6.45, 7) is 0. The smallest absolute Gasteiger partial charge is 0.0770 e. The Kier molecular flexibility index (Phi) is 5.33. The molecule has 0 amide bonds. The van der Waals surface area contributed by atoms with Crippen molar-refractivity contribution in [2.45, 2.75) is 39.6 Å². The van der Waals surface area contributed by atoms with Crippen LogP contribution in [0.15, 0.2) is 12.2 Å². The Hall–Kier alpha value is 1.12. The second-order valence-electron chi connectivity index (χ2n) is 4.43. The third kappa shape index (κ3) is 3.07. The predicted molar refractivity (Wildman–Crippen MR) is 81.0 cm³/mol. The molecule has 0 saturated heterocycles. The normalized spacial score (nSPS) is 40.9. The number of hydrogen-bond donors (Lipinski definition) is 2. The Balaban J connectivity index is 0.00000112. The Morgan fingerprint density at radius 2 is 1.73 bits per heavy atom. The first-order valence-electron chi connectivity index (χ1n) is 5.32. The predicted octanol–water partition coefficient (Wildman–Crippen LogP) is 3.84. The zero-order valence-corrected chi connectivity index (χ0v) is 13.1. The van der Waals surface area contributed by atoms with Crippen molar-refractivity contribution in [2.24, 2.45) is 11.8 Å². The maximum absolute atomic E-state index is 10.0. The molecule has 0 aliphatic heterocycles. The first kappa shape index (κ1) is 14.2. The average molecular weight is 435 g/mol. The van der Waals surface area contributed by atoms with E-state index in [2.05, 4.69) is 57.3 Å². The molecule has 0 aromatic carbocycles. The highest BCUT2D eigenvalue weighted by molar-refractivity contribution is 14.2. The van der Waals surface area contributed by atoms with Crippen LogP contribution in [0.3, 0.4) is 0 Å². The third-order valence-electron chi connectivity index (χ3n) is 3.50. The van der Waals surface area contributed by atoms with Crippen molar-refractivity contribution in [2.75, 3.05) is 0 Å². The van der Waals surface area contributed by atoms with Gasteiger partial charge < -0.3 is 11.3 Å². The minimum atomic E-state index is -0.0552. The van der Waals surface area contributed by atoms with Crippen molar-refractivity contribution in [3.63, 3.8) is 0 Å². The summed E-state index contributed by atoms with van der Waals surface area (Å²) in [6, 6.07) is 0. The molecule has 2 nitrogen and oxygen atoms in total. The monoisotopic (exact) mass is 435 g/mol. The van der Waals surface area contributed by atoms with Crippen molar-refractivity contribution in [3.05, 3.63) is 12.2 Å². The van der Waals surface area contributed by atoms with Crippen LogP contribution in [-0.2, 0) is 0 Å². The topological polar surface area (TPSA) is 55.2 Å². The SMILES string of the molecule is N.OC1CC/C=C/CC[C@@H]2C1CC2(I)I. The van der Waals surface area contributed by atoms with Crippen molar-refractivity contribution < 1.29 is 5.11 Å². The standard InChI is InChI=1S/C11H16I2O.H3N/c12-11(13)7-8-9(11)5-3-1-2-4-6-10(8)14;/h1-2,8-10,14H,3-7H2;1H3/b2-1+;/t8?,9-,10?;/m1./s1. The van der Waals surface area contributed by atoms with Crippen LogP contribution in [0, 0.1) is 11.8 Å². The van der Waals surface area contributed by atoms with E-state index in [9.17, 15) is 5.11 Å². The van der Waals surface area contributed by atoms with E-state index in [4.69, 9.17) is 0 Å². The molecule has 1 saturated carbocycles. The van der Waals surface area contributed by atoms with Gasteiger partial charge in [-0.1, -0.05) is 57.3 Å². The van der Waals surface area contributed by atoms with E-state index >= 15 is 0 Å². The van der Waals surface area contributed by atoms with Gasteiger partial charge in [-0.2, -0.15) is 0 Å². The van der Waals surface area contributed by atoms with E-state index in [1.807, 2.05) is 0 Å². The van der Waals surface area contributed by atoms with E-state index in [1.165, 1.54) is 19.3 Å². The number of aliphatic hydroxyl groups excluding tert-OH is 1. The van der Waals surface area contributed by atoms with Gasteiger partial charge in [0.15, 0.2) is 0 Å². The van der Waals surface area contributed by atoms with Gasteiger partial charge in [-0.25, -0.2) is 0 Å². The fourth-order valence-electron chi connectivity index (χ4n) is 2.58. The molecule has 0 heterocycles. The maximum Gasteiger partial charge on any atom is 0.0770 e. The van der Waals surface area contributed by atoms with E-state index in [0.717, 1.165) is 18.8 Å². The lowest BCUT2D eigenvalue weighted by Crippen LogP contribution is -2.49. The maximum atomic E-state index is 10.0. The van der Waals surface area contributed by atoms with Crippen molar-refractivity contribution in [1.29, 1.82) is 0 Å². The quantitative estimate of drug-likeness (QED) is 0.345. The van der Waals surface area contributed by atoms with Gasteiger partial charge in [-0.05, 0) is 43.9 Å². The Morgan fingerprint density at radius 1 is 1.13 bits per heavy atom. The molecule has 4 N–H and O–H groups in total. The van der Waals surface area contributed by atoms with Gasteiger partial charge in [0, 0.05) is 0 Å². The zero-order valence-electron chi connectivity index (χ0n) is 8.83. The third-order valence-corrected chi connectivity index (χ3v) is 5.98. The van der Waals surface area contributed by atoms with Gasteiger partial charge in [0.05, 0.1) is 7.53 Å². The largest absolute Gasteiger partial charge is 0.393 e. The number of allylic oxidation sites excluding steroid dienone is 2. The van der Waals surface area contributed by atoms with Gasteiger partial charge in [-0.15, -0.1) is 0 Å². The van der Waals surface area contributed by atoms with Crippen LogP contribution >= 0.6 is 45.2 Å². The molecular weight excluding hydrogens is 416 g/mol. The molecule has 0 aromatic heterocycles. The lowest BCUT2D eigenvalue weighted by molar-refractivity contribution is 0.0115. The van der Waals surface area contributed by atoms with Crippen LogP contribution in [0.1, 0.15) is 32.1 Å². The summed E-state index contributed by atoms with van der Waals surface area (Å²) in [7, 11) is 0. The number of halogens is 2. The average Bonchev–Trinajstić information content (AvgIpc) is 2.18. The van der Waals surface area contributed by atoms with Gasteiger partial charge in [0.1, 0.15) is 0 Å². The highest BCUT2D eigenvalue weighted by atomic mass is 127. The molecule has 2 rings (SSSR count). The molecule has 0 spiro atoms. The highest BCUT2D eigenvalue weighted by Crippen LogP contribution is 2.58. The summed E-state index contributed by atoms with van der Waals surface area (Å²) in [5.74, 6) is 1.30. The fraction of sp³-hybridized carbons (Fsp3) is 0.818. The Bertz CT molecular complexity index is 243. The summed E-state index contributed by atoms with van der Waals surface area (Å²) in [5.41, 5.74) is 0. The van der Waals surface area contributed by atoms with Crippen LogP contribution < -0.4 is 6.15 Å². The summed E-state index contributed by atoms with van der Waals surface area (Å²) in [4.78, 5) is 0. The first-order chi connectivity index (χ1) is 6.61. The second-order valence-corrected chi connectivity index (χ2v) is 10.3. The summed E-state index contributed by atoms with van der Waals surface area (Å²) in [6.07, 6.45) is 10.1. The Morgan fingerprint density at radius 3 is 2.33 bits per heavy atom. The van der Waals surface area contributed by atoms with Gasteiger partial charge >= 0.3 is 0 Å². The summed E-state index contributed by atoms with van der Waals surface area (Å²) >= 11 is 5.13. The van der Waals surface area contributed by atoms with E-state index in [-0.39, 0.29) is 12.3 Å². The molecule has 2 aliphatic rings. The van der Waals surface area contributed by atoms with E-state index in [1.54, 1.807) is 0 Å². The molecule has 0 radical (unpaired) electrons. The summed E-state index contributed by atoms with van der Waals surface area (Å²) in [5, 5.41) is 10.0. The van der Waals surface area contributed by atoms with E-state index in [0.29, 0.717) is 7.35 Å². The van der Waals surface area contributed by atoms with Crippen molar-refractivity contribution >= 4 is 45.2 Å². The number of hydrogen-bond acceptors (Lipinski definition) is 2. The van der Waals surface area contributed by atoms with Gasteiger partial charge in [0.25, 0.3) is 0 Å². The number of aliphatic hydroxyl groups is 1. The molecule has 88 valence electrons. The Labute approximate surface area is 119 Å². The van der Waals surface area contributed by atoms with Gasteiger partial charge in [-0.3, -0.25) is 0 Å².